The quantitative estimate of drug-likeness (QED) is 0.806. The van der Waals surface area contributed by atoms with Crippen molar-refractivity contribution in [2.45, 2.75) is 39.0 Å². The number of rotatable bonds is 4. The Morgan fingerprint density at radius 1 is 1.39 bits per heavy atom. The molecule has 1 aromatic heterocycles. The molecule has 1 saturated heterocycles. The number of halogens is 1. The highest BCUT2D eigenvalue weighted by Crippen LogP contribution is 2.30. The van der Waals surface area contributed by atoms with Crippen molar-refractivity contribution in [3.8, 4) is 11.8 Å². The molecular weight excluding hydrogens is 403 g/mol. The third-order valence-corrected chi connectivity index (χ3v) is 4.49. The fraction of sp³-hybridized carbons (Fsp3) is 0.364. The maximum absolute atomic E-state index is 14.2. The molecule has 8 nitrogen and oxygen atoms in total. The van der Waals surface area contributed by atoms with Crippen LogP contribution in [0.1, 0.15) is 43.6 Å². The van der Waals surface area contributed by atoms with Crippen LogP contribution in [0.25, 0.3) is 0 Å². The van der Waals surface area contributed by atoms with Gasteiger partial charge in [0.05, 0.1) is 17.7 Å². The van der Waals surface area contributed by atoms with Gasteiger partial charge in [0.1, 0.15) is 36.0 Å². The lowest BCUT2D eigenvalue weighted by molar-refractivity contribution is -0.125. The number of piperazine rings is 1. The van der Waals surface area contributed by atoms with Gasteiger partial charge in [-0.2, -0.15) is 5.26 Å². The molecule has 2 amide bonds. The highest BCUT2D eigenvalue weighted by molar-refractivity contribution is 5.84. The molecule has 1 fully saturated rings. The molecule has 0 radical (unpaired) electrons. The van der Waals surface area contributed by atoms with Crippen LogP contribution in [-0.2, 0) is 16.1 Å². The Bertz CT molecular complexity index is 1030. The lowest BCUT2D eigenvalue weighted by atomic mass is 10.1. The Kier molecular flexibility index (Phi) is 6.39. The van der Waals surface area contributed by atoms with E-state index in [-0.39, 0.29) is 36.7 Å². The van der Waals surface area contributed by atoms with Crippen molar-refractivity contribution < 1.29 is 23.5 Å². The number of benzene rings is 1. The van der Waals surface area contributed by atoms with E-state index in [1.807, 2.05) is 6.07 Å². The first-order chi connectivity index (χ1) is 14.7. The van der Waals surface area contributed by atoms with Gasteiger partial charge in [-0.25, -0.2) is 9.18 Å². The molecule has 1 unspecified atom stereocenters. The van der Waals surface area contributed by atoms with E-state index in [0.717, 1.165) is 6.07 Å². The summed E-state index contributed by atoms with van der Waals surface area (Å²) in [5.41, 5.74) is 0.179. The van der Waals surface area contributed by atoms with Gasteiger partial charge < -0.3 is 14.8 Å². The number of amides is 2. The van der Waals surface area contributed by atoms with Crippen molar-refractivity contribution in [1.82, 2.24) is 15.2 Å². The lowest BCUT2D eigenvalue weighted by Gasteiger charge is -2.36. The summed E-state index contributed by atoms with van der Waals surface area (Å²) in [5, 5.41) is 11.6. The number of nitrogens with one attached hydrogen (secondary N) is 1. The van der Waals surface area contributed by atoms with Crippen LogP contribution in [0.2, 0.25) is 0 Å². The fourth-order valence-electron chi connectivity index (χ4n) is 3.06. The third kappa shape index (κ3) is 5.48. The molecule has 162 valence electrons. The normalized spacial score (nSPS) is 16.3. The Labute approximate surface area is 179 Å². The average Bonchev–Trinajstić information content (AvgIpc) is 2.72. The molecule has 9 heteroatoms. The van der Waals surface area contributed by atoms with Crippen molar-refractivity contribution in [3.05, 3.63) is 59.2 Å². The van der Waals surface area contributed by atoms with Gasteiger partial charge in [-0.1, -0.05) is 6.07 Å². The van der Waals surface area contributed by atoms with Crippen LogP contribution < -0.4 is 10.1 Å². The molecule has 2 heterocycles. The van der Waals surface area contributed by atoms with Crippen LogP contribution in [0.4, 0.5) is 9.18 Å². The summed E-state index contributed by atoms with van der Waals surface area (Å²) in [7, 11) is 0. The average molecular weight is 426 g/mol. The van der Waals surface area contributed by atoms with Gasteiger partial charge in [-0.05, 0) is 45.0 Å². The molecule has 1 N–H and O–H groups in total. The largest absolute Gasteiger partial charge is 0.487 e. The van der Waals surface area contributed by atoms with Crippen LogP contribution in [0.15, 0.2) is 36.5 Å². The number of hydrogen-bond donors (Lipinski definition) is 1. The first kappa shape index (κ1) is 22.0. The second-order valence-electron chi connectivity index (χ2n) is 8.02. The Hall–Kier alpha value is -3.67. The Morgan fingerprint density at radius 3 is 2.84 bits per heavy atom. The molecular formula is C22H23FN4O4. The number of nitriles is 1. The monoisotopic (exact) mass is 426 g/mol. The van der Waals surface area contributed by atoms with Crippen molar-refractivity contribution in [2.75, 3.05) is 13.1 Å². The summed E-state index contributed by atoms with van der Waals surface area (Å²) in [6, 6.07) is 8.72. The maximum atomic E-state index is 14.2. The van der Waals surface area contributed by atoms with Crippen LogP contribution in [-0.4, -0.2) is 40.6 Å². The van der Waals surface area contributed by atoms with Crippen LogP contribution in [0, 0.1) is 17.1 Å². The highest BCUT2D eigenvalue weighted by Gasteiger charge is 2.36. The van der Waals surface area contributed by atoms with Gasteiger partial charge in [0, 0.05) is 18.3 Å². The maximum Gasteiger partial charge on any atom is 0.411 e. The smallest absolute Gasteiger partial charge is 0.411 e. The first-order valence-corrected chi connectivity index (χ1v) is 9.70. The van der Waals surface area contributed by atoms with E-state index in [2.05, 4.69) is 10.3 Å². The zero-order valence-corrected chi connectivity index (χ0v) is 17.5. The first-order valence-electron chi connectivity index (χ1n) is 9.70. The van der Waals surface area contributed by atoms with E-state index < -0.39 is 23.6 Å². The summed E-state index contributed by atoms with van der Waals surface area (Å²) < 4.78 is 25.5. The van der Waals surface area contributed by atoms with Gasteiger partial charge in [-0.3, -0.25) is 14.7 Å². The van der Waals surface area contributed by atoms with E-state index in [4.69, 9.17) is 14.7 Å². The molecule has 0 spiro atoms. The van der Waals surface area contributed by atoms with Crippen LogP contribution in [0.5, 0.6) is 5.75 Å². The summed E-state index contributed by atoms with van der Waals surface area (Å²) in [4.78, 5) is 30.3. The topological polar surface area (TPSA) is 105 Å². The van der Waals surface area contributed by atoms with Gasteiger partial charge in [-0.15, -0.1) is 0 Å². The number of ether oxygens (including phenoxy) is 2. The minimum atomic E-state index is -0.730. The molecule has 3 rings (SSSR count). The molecule has 0 bridgehead atoms. The van der Waals surface area contributed by atoms with Crippen LogP contribution in [0.3, 0.4) is 0 Å². The second kappa shape index (κ2) is 9.00. The molecule has 1 aromatic carbocycles. The zero-order chi connectivity index (χ0) is 22.6. The van der Waals surface area contributed by atoms with Crippen molar-refractivity contribution in [1.29, 1.82) is 5.26 Å². The van der Waals surface area contributed by atoms with Gasteiger partial charge in [0.25, 0.3) is 0 Å². The zero-order valence-electron chi connectivity index (χ0n) is 17.5. The number of pyridine rings is 1. The van der Waals surface area contributed by atoms with Gasteiger partial charge in [0.15, 0.2) is 0 Å². The molecule has 1 atom stereocenters. The van der Waals surface area contributed by atoms with Gasteiger partial charge in [0.2, 0.25) is 5.91 Å². The van der Waals surface area contributed by atoms with E-state index in [1.54, 1.807) is 39.1 Å². The van der Waals surface area contributed by atoms with E-state index in [9.17, 15) is 14.0 Å². The van der Waals surface area contributed by atoms with E-state index in [1.165, 1.54) is 17.0 Å². The predicted octanol–water partition coefficient (Wildman–Crippen LogP) is 3.08. The van der Waals surface area contributed by atoms with Crippen molar-refractivity contribution in [2.24, 2.45) is 0 Å². The van der Waals surface area contributed by atoms with Gasteiger partial charge >= 0.3 is 6.09 Å². The standard InChI is InChI=1S/C22H23FN4O4/c1-22(2,3)31-21(29)27-12-19(28)26-11-17(27)20-18(5-4-8-25-20)30-13-15-7-6-14(10-24)9-16(15)23/h4-9,17H,11-13H2,1-3H3,(H,26,28). The lowest BCUT2D eigenvalue weighted by Crippen LogP contribution is -2.53. The second-order valence-corrected chi connectivity index (χ2v) is 8.02. The molecule has 1 aliphatic rings. The van der Waals surface area contributed by atoms with Crippen LogP contribution >= 0.6 is 0 Å². The summed E-state index contributed by atoms with van der Waals surface area (Å²) in [5.74, 6) is -0.508. The molecule has 0 saturated carbocycles. The molecule has 0 aliphatic carbocycles. The predicted molar refractivity (Wildman–Crippen MR) is 108 cm³/mol. The minimum Gasteiger partial charge on any atom is -0.487 e. The SMILES string of the molecule is CC(C)(C)OC(=O)N1CC(=O)NCC1c1ncccc1OCc1ccc(C#N)cc1F. The summed E-state index contributed by atoms with van der Waals surface area (Å²) in [6.07, 6.45) is 0.913. The number of hydrogen-bond acceptors (Lipinski definition) is 6. The highest BCUT2D eigenvalue weighted by atomic mass is 19.1. The van der Waals surface area contributed by atoms with E-state index >= 15 is 0 Å². The number of carbonyl (C=O) groups is 2. The van der Waals surface area contributed by atoms with Crippen molar-refractivity contribution in [3.63, 3.8) is 0 Å². The number of aromatic nitrogens is 1. The minimum absolute atomic E-state index is 0.0955. The molecule has 1 aliphatic heterocycles. The summed E-state index contributed by atoms with van der Waals surface area (Å²) >= 11 is 0. The number of nitrogens with zero attached hydrogens (tertiary/aromatic N) is 3. The number of carbonyl (C=O) groups excluding carboxylic acids is 2. The third-order valence-electron chi connectivity index (χ3n) is 4.49. The molecule has 31 heavy (non-hydrogen) atoms. The van der Waals surface area contributed by atoms with E-state index in [0.29, 0.717) is 11.4 Å². The fourth-order valence-corrected chi connectivity index (χ4v) is 3.06. The Morgan fingerprint density at radius 2 is 2.16 bits per heavy atom. The Balaban J connectivity index is 1.84. The van der Waals surface area contributed by atoms with Crippen molar-refractivity contribution >= 4 is 12.0 Å². The molecule has 2 aromatic rings. The summed E-state index contributed by atoms with van der Waals surface area (Å²) in [6.45, 7) is 5.08.